The number of benzene rings is 2. The van der Waals surface area contributed by atoms with Gasteiger partial charge < -0.3 is 4.74 Å². The second kappa shape index (κ2) is 9.03. The fraction of sp³-hybridized carbons (Fsp3) is 0.409. The van der Waals surface area contributed by atoms with Crippen LogP contribution in [0, 0.1) is 23.5 Å². The van der Waals surface area contributed by atoms with Crippen molar-refractivity contribution in [1.29, 1.82) is 0 Å². The van der Waals surface area contributed by atoms with Crippen molar-refractivity contribution < 1.29 is 26.7 Å². The van der Waals surface area contributed by atoms with E-state index in [-0.39, 0.29) is 40.4 Å². The van der Waals surface area contributed by atoms with Gasteiger partial charge in [0.1, 0.15) is 11.6 Å². The molecular weight excluding hydrogens is 398 g/mol. The molecule has 2 unspecified atom stereocenters. The molecule has 0 saturated heterocycles. The maximum atomic E-state index is 13.9. The molecule has 0 radical (unpaired) electrons. The molecule has 1 aliphatic rings. The van der Waals surface area contributed by atoms with Gasteiger partial charge in [-0.05, 0) is 61.4 Å². The number of rotatable bonds is 7. The summed E-state index contributed by atoms with van der Waals surface area (Å²) in [6.45, 7) is 2.06. The summed E-state index contributed by atoms with van der Waals surface area (Å²) >= 11 is 0. The molecule has 0 aromatic heterocycles. The molecule has 3 rings (SSSR count). The summed E-state index contributed by atoms with van der Waals surface area (Å²) in [6, 6.07) is 9.22. The van der Waals surface area contributed by atoms with Crippen molar-refractivity contribution in [2.75, 3.05) is 12.4 Å². The van der Waals surface area contributed by atoms with E-state index in [2.05, 4.69) is 0 Å². The van der Waals surface area contributed by atoms with Crippen molar-refractivity contribution in [1.82, 2.24) is 0 Å². The molecule has 0 aliphatic heterocycles. The predicted molar refractivity (Wildman–Crippen MR) is 106 cm³/mol. The van der Waals surface area contributed by atoms with Crippen LogP contribution in [0.15, 0.2) is 47.4 Å². The Morgan fingerprint density at radius 3 is 2.41 bits per heavy atom. The molecule has 29 heavy (non-hydrogen) atoms. The third kappa shape index (κ3) is 5.21. The molecule has 0 amide bonds. The number of hydrogen-bond donors (Lipinski definition) is 0. The van der Waals surface area contributed by atoms with Gasteiger partial charge in [-0.3, -0.25) is 4.79 Å². The highest BCUT2D eigenvalue weighted by Gasteiger charge is 2.33. The standard InChI is InChI=1S/C22H24F2O4S/c1-2-28-22(25)12-16-4-3-5-17(16)14-29(26,27)19-9-6-15(7-10-19)20-11-8-18(23)13-21(20)24/h6-11,13,16-17H,2-5,12,14H2,1H3. The first kappa shape index (κ1) is 21.4. The highest BCUT2D eigenvalue weighted by molar-refractivity contribution is 7.91. The van der Waals surface area contributed by atoms with Gasteiger partial charge in [-0.15, -0.1) is 0 Å². The lowest BCUT2D eigenvalue weighted by Crippen LogP contribution is -2.22. The summed E-state index contributed by atoms with van der Waals surface area (Å²) in [5, 5.41) is 0. The minimum atomic E-state index is -3.55. The van der Waals surface area contributed by atoms with Crippen molar-refractivity contribution in [2.24, 2.45) is 11.8 Å². The van der Waals surface area contributed by atoms with Gasteiger partial charge in [0.15, 0.2) is 9.84 Å². The Hall–Kier alpha value is -2.28. The van der Waals surface area contributed by atoms with Crippen LogP contribution < -0.4 is 0 Å². The highest BCUT2D eigenvalue weighted by atomic mass is 32.2. The van der Waals surface area contributed by atoms with Crippen LogP contribution >= 0.6 is 0 Å². The van der Waals surface area contributed by atoms with Gasteiger partial charge in [0.2, 0.25) is 0 Å². The molecule has 0 heterocycles. The number of hydrogen-bond acceptors (Lipinski definition) is 4. The molecule has 2 aromatic carbocycles. The van der Waals surface area contributed by atoms with E-state index in [4.69, 9.17) is 4.74 Å². The van der Waals surface area contributed by atoms with Crippen LogP contribution in [-0.4, -0.2) is 26.7 Å². The van der Waals surface area contributed by atoms with E-state index in [1.165, 1.54) is 30.3 Å². The van der Waals surface area contributed by atoms with Crippen LogP contribution in [0.25, 0.3) is 11.1 Å². The van der Waals surface area contributed by atoms with Gasteiger partial charge in [0, 0.05) is 18.1 Å². The summed E-state index contributed by atoms with van der Waals surface area (Å²) in [5.41, 5.74) is 0.683. The first-order valence-electron chi connectivity index (χ1n) is 9.74. The number of esters is 1. The van der Waals surface area contributed by atoms with Gasteiger partial charge in [0.05, 0.1) is 17.3 Å². The van der Waals surface area contributed by atoms with E-state index in [9.17, 15) is 22.0 Å². The second-order valence-corrected chi connectivity index (χ2v) is 9.42. The van der Waals surface area contributed by atoms with Crippen LogP contribution in [0.5, 0.6) is 0 Å². The maximum absolute atomic E-state index is 13.9. The quantitative estimate of drug-likeness (QED) is 0.603. The SMILES string of the molecule is CCOC(=O)CC1CCCC1CS(=O)(=O)c1ccc(-c2ccc(F)cc2F)cc1. The topological polar surface area (TPSA) is 60.4 Å². The summed E-state index contributed by atoms with van der Waals surface area (Å²) in [5.74, 6) is -1.75. The van der Waals surface area contributed by atoms with Crippen LogP contribution in [0.3, 0.4) is 0 Å². The number of ether oxygens (including phenoxy) is 1. The summed E-state index contributed by atoms with van der Waals surface area (Å²) in [7, 11) is -3.55. The molecule has 4 nitrogen and oxygen atoms in total. The fourth-order valence-electron chi connectivity index (χ4n) is 3.98. The first-order chi connectivity index (χ1) is 13.8. The zero-order valence-electron chi connectivity index (χ0n) is 16.2. The Balaban J connectivity index is 1.73. The molecule has 2 aromatic rings. The van der Waals surface area contributed by atoms with Gasteiger partial charge >= 0.3 is 5.97 Å². The Morgan fingerprint density at radius 2 is 1.76 bits per heavy atom. The summed E-state index contributed by atoms with van der Waals surface area (Å²) < 4.78 is 57.8. The highest BCUT2D eigenvalue weighted by Crippen LogP contribution is 2.36. The number of sulfone groups is 1. The molecule has 0 N–H and O–H groups in total. The van der Waals surface area contributed by atoms with E-state index < -0.39 is 21.5 Å². The Bertz CT molecular complexity index is 971. The predicted octanol–water partition coefficient (Wildman–Crippen LogP) is 4.78. The van der Waals surface area contributed by atoms with Crippen molar-refractivity contribution in [3.8, 4) is 11.1 Å². The Labute approximate surface area is 169 Å². The van der Waals surface area contributed by atoms with Gasteiger partial charge in [-0.25, -0.2) is 17.2 Å². The number of carbonyl (C=O) groups excluding carboxylic acids is 1. The van der Waals surface area contributed by atoms with Gasteiger partial charge in [0.25, 0.3) is 0 Å². The average molecular weight is 422 g/mol. The third-order valence-corrected chi connectivity index (χ3v) is 7.30. The van der Waals surface area contributed by atoms with Crippen LogP contribution in [-0.2, 0) is 19.4 Å². The van der Waals surface area contributed by atoms with Crippen LogP contribution in [0.2, 0.25) is 0 Å². The van der Waals surface area contributed by atoms with Crippen LogP contribution in [0.1, 0.15) is 32.6 Å². The minimum absolute atomic E-state index is 0.0106. The van der Waals surface area contributed by atoms with Crippen molar-refractivity contribution in [3.63, 3.8) is 0 Å². The molecule has 0 bridgehead atoms. The monoisotopic (exact) mass is 422 g/mol. The van der Waals surface area contributed by atoms with E-state index in [1.807, 2.05) is 0 Å². The zero-order valence-corrected chi connectivity index (χ0v) is 17.1. The molecule has 1 fully saturated rings. The minimum Gasteiger partial charge on any atom is -0.466 e. The smallest absolute Gasteiger partial charge is 0.306 e. The molecule has 2 atom stereocenters. The molecular formula is C22H24F2O4S. The van der Waals surface area contributed by atoms with Crippen molar-refractivity contribution >= 4 is 15.8 Å². The van der Waals surface area contributed by atoms with Crippen LogP contribution in [0.4, 0.5) is 8.78 Å². The van der Waals surface area contributed by atoms with E-state index >= 15 is 0 Å². The zero-order chi connectivity index (χ0) is 21.0. The lowest BCUT2D eigenvalue weighted by atomic mass is 9.95. The molecule has 1 saturated carbocycles. The van der Waals surface area contributed by atoms with Crippen molar-refractivity contribution in [3.05, 3.63) is 54.1 Å². The number of halogens is 2. The molecule has 1 aliphatic carbocycles. The van der Waals surface area contributed by atoms with Gasteiger partial charge in [-0.1, -0.05) is 18.6 Å². The number of carbonyl (C=O) groups is 1. The van der Waals surface area contributed by atoms with E-state index in [0.29, 0.717) is 12.2 Å². The maximum Gasteiger partial charge on any atom is 0.306 e. The molecule has 7 heteroatoms. The second-order valence-electron chi connectivity index (χ2n) is 7.39. The largest absolute Gasteiger partial charge is 0.466 e. The molecule has 0 spiro atoms. The van der Waals surface area contributed by atoms with Crippen molar-refractivity contribution in [2.45, 2.75) is 37.5 Å². The summed E-state index contributed by atoms with van der Waals surface area (Å²) in [4.78, 5) is 11.9. The first-order valence-corrected chi connectivity index (χ1v) is 11.4. The fourth-order valence-corrected chi connectivity index (χ4v) is 5.72. The van der Waals surface area contributed by atoms with E-state index in [0.717, 1.165) is 31.4 Å². The Kier molecular flexibility index (Phi) is 6.67. The third-order valence-electron chi connectivity index (χ3n) is 5.44. The normalized spacial score (nSPS) is 19.3. The average Bonchev–Trinajstić information content (AvgIpc) is 3.08. The molecule has 156 valence electrons. The lowest BCUT2D eigenvalue weighted by Gasteiger charge is -2.19. The Morgan fingerprint density at radius 1 is 1.07 bits per heavy atom. The van der Waals surface area contributed by atoms with E-state index in [1.54, 1.807) is 6.92 Å². The van der Waals surface area contributed by atoms with Gasteiger partial charge in [-0.2, -0.15) is 0 Å². The summed E-state index contributed by atoms with van der Waals surface area (Å²) in [6.07, 6.45) is 2.73. The lowest BCUT2D eigenvalue weighted by molar-refractivity contribution is -0.144.